The van der Waals surface area contributed by atoms with Gasteiger partial charge in [0, 0.05) is 51.7 Å². The third-order valence-electron chi connectivity index (χ3n) is 4.53. The summed E-state index contributed by atoms with van der Waals surface area (Å²) in [6, 6.07) is 5.60. The predicted octanol–water partition coefficient (Wildman–Crippen LogP) is 1.51. The lowest BCUT2D eigenvalue weighted by atomic mass is 10.2. The summed E-state index contributed by atoms with van der Waals surface area (Å²) < 4.78 is 29.5. The van der Waals surface area contributed by atoms with Gasteiger partial charge in [0.2, 0.25) is 10.0 Å². The summed E-state index contributed by atoms with van der Waals surface area (Å²) in [7, 11) is -3.41. The van der Waals surface area contributed by atoms with E-state index in [0.717, 1.165) is 37.3 Å². The first-order valence-corrected chi connectivity index (χ1v) is 9.66. The van der Waals surface area contributed by atoms with Crippen LogP contribution >= 0.6 is 0 Å². The van der Waals surface area contributed by atoms with Gasteiger partial charge in [0.05, 0.1) is 11.2 Å². The molecule has 0 amide bonds. The maximum atomic E-state index is 12.9. The fraction of sp³-hybridized carbons (Fsp3) is 0.471. The number of hydrogen-bond donors (Lipinski definition) is 0. The van der Waals surface area contributed by atoms with E-state index >= 15 is 0 Å². The summed E-state index contributed by atoms with van der Waals surface area (Å²) in [4.78, 5) is 6.78. The average Bonchev–Trinajstić information content (AvgIpc) is 3.09. The maximum Gasteiger partial charge on any atom is 0.243 e. The Morgan fingerprint density at radius 3 is 2.50 bits per heavy atom. The van der Waals surface area contributed by atoms with E-state index in [-0.39, 0.29) is 0 Å². The first-order valence-electron chi connectivity index (χ1n) is 8.22. The van der Waals surface area contributed by atoms with Crippen molar-refractivity contribution < 1.29 is 8.42 Å². The van der Waals surface area contributed by atoms with E-state index in [2.05, 4.69) is 9.88 Å². The van der Waals surface area contributed by atoms with Crippen molar-refractivity contribution in [2.24, 2.45) is 0 Å². The molecule has 1 aromatic carbocycles. The van der Waals surface area contributed by atoms with Crippen molar-refractivity contribution in [1.82, 2.24) is 18.8 Å². The maximum absolute atomic E-state index is 12.9. The Kier molecular flexibility index (Phi) is 5.03. The quantitative estimate of drug-likeness (QED) is 0.822. The lowest BCUT2D eigenvalue weighted by Crippen LogP contribution is -2.49. The molecule has 6 nitrogen and oxygen atoms in total. The molecule has 130 valence electrons. The fourth-order valence-corrected chi connectivity index (χ4v) is 4.73. The van der Waals surface area contributed by atoms with Gasteiger partial charge in [-0.15, -0.1) is 0 Å². The van der Waals surface area contributed by atoms with Crippen molar-refractivity contribution in [1.29, 1.82) is 0 Å². The van der Waals surface area contributed by atoms with Crippen molar-refractivity contribution in [3.05, 3.63) is 48.0 Å². The smallest absolute Gasteiger partial charge is 0.243 e. The highest BCUT2D eigenvalue weighted by Crippen LogP contribution is 2.22. The summed E-state index contributed by atoms with van der Waals surface area (Å²) in [5.41, 5.74) is 1.78. The first-order chi connectivity index (χ1) is 11.5. The van der Waals surface area contributed by atoms with Gasteiger partial charge < -0.3 is 4.57 Å². The van der Waals surface area contributed by atoms with Crippen LogP contribution in [0.5, 0.6) is 0 Å². The summed E-state index contributed by atoms with van der Waals surface area (Å²) in [5.74, 6) is 0. The van der Waals surface area contributed by atoms with Gasteiger partial charge in [0.15, 0.2) is 0 Å². The van der Waals surface area contributed by atoms with Crippen LogP contribution in [-0.2, 0) is 16.6 Å². The van der Waals surface area contributed by atoms with E-state index in [0.29, 0.717) is 18.0 Å². The van der Waals surface area contributed by atoms with E-state index < -0.39 is 10.0 Å². The molecule has 2 aromatic rings. The molecule has 0 radical (unpaired) electrons. The Labute approximate surface area is 143 Å². The molecule has 1 fully saturated rings. The molecule has 0 spiro atoms. The number of benzene rings is 1. The second-order valence-corrected chi connectivity index (χ2v) is 8.22. The highest BCUT2D eigenvalue weighted by molar-refractivity contribution is 7.89. The second kappa shape index (κ2) is 7.04. The van der Waals surface area contributed by atoms with Gasteiger partial charge in [0.25, 0.3) is 0 Å². The topological polar surface area (TPSA) is 58.4 Å². The van der Waals surface area contributed by atoms with E-state index in [1.54, 1.807) is 22.9 Å². The number of piperazine rings is 1. The second-order valence-electron chi connectivity index (χ2n) is 6.32. The molecule has 2 heterocycles. The standard InChI is InChI=1S/C17H24N4O2S/c1-15-3-4-16(2)17(13-15)24(22,23)21-11-9-19(10-12-21)7-8-20-6-5-18-14-20/h3-6,13-14H,7-12H2,1-2H3. The molecule has 1 aliphatic rings. The Morgan fingerprint density at radius 1 is 1.08 bits per heavy atom. The molecule has 0 saturated carbocycles. The van der Waals surface area contributed by atoms with Crippen molar-refractivity contribution in [2.75, 3.05) is 32.7 Å². The Balaban J connectivity index is 1.62. The third kappa shape index (κ3) is 3.68. The van der Waals surface area contributed by atoms with Crippen LogP contribution in [0.3, 0.4) is 0 Å². The summed E-state index contributed by atoms with van der Waals surface area (Å²) in [5, 5.41) is 0. The highest BCUT2D eigenvalue weighted by atomic mass is 32.2. The molecule has 3 rings (SSSR count). The number of rotatable bonds is 5. The SMILES string of the molecule is Cc1ccc(C)c(S(=O)(=O)N2CCN(CCn3ccnc3)CC2)c1. The molecule has 0 aliphatic carbocycles. The van der Waals surface area contributed by atoms with Gasteiger partial charge in [-0.05, 0) is 31.0 Å². The molecule has 0 unspecified atom stereocenters. The lowest BCUT2D eigenvalue weighted by molar-refractivity contribution is 0.183. The van der Waals surface area contributed by atoms with Crippen molar-refractivity contribution in [3.63, 3.8) is 0 Å². The summed E-state index contributed by atoms with van der Waals surface area (Å²) >= 11 is 0. The third-order valence-corrected chi connectivity index (χ3v) is 6.57. The number of aryl methyl sites for hydroxylation is 2. The summed E-state index contributed by atoms with van der Waals surface area (Å²) in [6.07, 6.45) is 5.52. The molecule has 0 bridgehead atoms. The zero-order valence-corrected chi connectivity index (χ0v) is 15.0. The minimum absolute atomic E-state index is 0.439. The molecular weight excluding hydrogens is 324 g/mol. The molecular formula is C17H24N4O2S. The normalized spacial score (nSPS) is 17.2. The van der Waals surface area contributed by atoms with E-state index in [4.69, 9.17) is 0 Å². The fourth-order valence-electron chi connectivity index (χ4n) is 2.99. The van der Waals surface area contributed by atoms with Gasteiger partial charge in [0.1, 0.15) is 0 Å². The minimum atomic E-state index is -3.41. The highest BCUT2D eigenvalue weighted by Gasteiger charge is 2.29. The summed E-state index contributed by atoms with van der Waals surface area (Å²) in [6.45, 7) is 8.18. The minimum Gasteiger partial charge on any atom is -0.336 e. The number of imidazole rings is 1. The first kappa shape index (κ1) is 17.1. The molecule has 7 heteroatoms. The number of hydrogen-bond acceptors (Lipinski definition) is 4. The monoisotopic (exact) mass is 348 g/mol. The predicted molar refractivity (Wildman–Crippen MR) is 93.3 cm³/mol. The molecule has 24 heavy (non-hydrogen) atoms. The van der Waals surface area contributed by atoms with E-state index in [1.807, 2.05) is 36.7 Å². The van der Waals surface area contributed by atoms with Crippen LogP contribution in [0.1, 0.15) is 11.1 Å². The van der Waals surface area contributed by atoms with Crippen LogP contribution in [0.15, 0.2) is 41.8 Å². The largest absolute Gasteiger partial charge is 0.336 e. The van der Waals surface area contributed by atoms with Crippen LogP contribution in [0.2, 0.25) is 0 Å². The van der Waals surface area contributed by atoms with E-state index in [9.17, 15) is 8.42 Å². The number of aromatic nitrogens is 2. The van der Waals surface area contributed by atoms with Crippen LogP contribution in [0, 0.1) is 13.8 Å². The molecule has 1 aliphatic heterocycles. The Hall–Kier alpha value is -1.70. The van der Waals surface area contributed by atoms with E-state index in [1.165, 1.54) is 0 Å². The lowest BCUT2D eigenvalue weighted by Gasteiger charge is -2.34. The number of sulfonamides is 1. The van der Waals surface area contributed by atoms with Gasteiger partial charge >= 0.3 is 0 Å². The van der Waals surface area contributed by atoms with Crippen molar-refractivity contribution in [2.45, 2.75) is 25.3 Å². The molecule has 1 saturated heterocycles. The van der Waals surface area contributed by atoms with Crippen molar-refractivity contribution in [3.8, 4) is 0 Å². The zero-order valence-electron chi connectivity index (χ0n) is 14.2. The van der Waals surface area contributed by atoms with Crippen LogP contribution in [0.4, 0.5) is 0 Å². The van der Waals surface area contributed by atoms with Crippen molar-refractivity contribution >= 4 is 10.0 Å². The number of nitrogens with zero attached hydrogens (tertiary/aromatic N) is 4. The van der Waals surface area contributed by atoms with Gasteiger partial charge in [-0.3, -0.25) is 4.90 Å². The molecule has 0 N–H and O–H groups in total. The Morgan fingerprint density at radius 2 is 1.83 bits per heavy atom. The van der Waals surface area contributed by atoms with Gasteiger partial charge in [-0.1, -0.05) is 12.1 Å². The molecule has 1 aromatic heterocycles. The van der Waals surface area contributed by atoms with Crippen LogP contribution < -0.4 is 0 Å². The van der Waals surface area contributed by atoms with Gasteiger partial charge in [-0.2, -0.15) is 4.31 Å². The Bertz CT molecular complexity index is 779. The van der Waals surface area contributed by atoms with Gasteiger partial charge in [-0.25, -0.2) is 13.4 Å². The average molecular weight is 348 g/mol. The zero-order chi connectivity index (χ0) is 17.2. The molecule has 0 atom stereocenters. The van der Waals surface area contributed by atoms with Crippen LogP contribution in [0.25, 0.3) is 0 Å². The van der Waals surface area contributed by atoms with Crippen LogP contribution in [-0.4, -0.2) is 59.9 Å².